The maximum Gasteiger partial charge on any atom is 0.337 e. The minimum atomic E-state index is -0.406. The molecule has 29 heavy (non-hydrogen) atoms. The highest BCUT2D eigenvalue weighted by Gasteiger charge is 2.18. The molecule has 0 bridgehead atoms. The van der Waals surface area contributed by atoms with Crippen LogP contribution in [0, 0.1) is 0 Å². The first-order valence-corrected chi connectivity index (χ1v) is 9.68. The molecule has 0 atom stereocenters. The molecule has 3 rings (SSSR count). The van der Waals surface area contributed by atoms with Crippen LogP contribution in [0.2, 0.25) is 0 Å². The minimum absolute atomic E-state index is 0.0413. The van der Waals surface area contributed by atoms with Gasteiger partial charge in [0, 0.05) is 30.0 Å². The second-order valence-electron chi connectivity index (χ2n) is 6.90. The summed E-state index contributed by atoms with van der Waals surface area (Å²) in [6, 6.07) is 13.6. The highest BCUT2D eigenvalue weighted by Crippen LogP contribution is 2.16. The fourth-order valence-corrected chi connectivity index (χ4v) is 3.21. The van der Waals surface area contributed by atoms with Crippen molar-refractivity contribution < 1.29 is 19.1 Å². The molecule has 1 saturated heterocycles. The Morgan fingerprint density at radius 3 is 2.07 bits per heavy atom. The zero-order chi connectivity index (χ0) is 20.6. The number of ether oxygens (including phenoxy) is 1. The number of amides is 2. The molecule has 1 fully saturated rings. The van der Waals surface area contributed by atoms with Gasteiger partial charge in [0.05, 0.1) is 19.2 Å². The number of likely N-dealkylation sites (tertiary alicyclic amines) is 1. The van der Waals surface area contributed by atoms with Crippen LogP contribution in [0.25, 0.3) is 0 Å². The molecule has 2 N–H and O–H groups in total. The Kier molecular flexibility index (Phi) is 6.84. The molecule has 0 aliphatic carbocycles. The van der Waals surface area contributed by atoms with Gasteiger partial charge in [0.25, 0.3) is 5.91 Å². The summed E-state index contributed by atoms with van der Waals surface area (Å²) in [5.41, 5.74) is 2.43. The van der Waals surface area contributed by atoms with Gasteiger partial charge in [-0.1, -0.05) is 0 Å². The summed E-state index contributed by atoms with van der Waals surface area (Å²) in [5.74, 6) is -0.576. The molecule has 2 aromatic rings. The quantitative estimate of drug-likeness (QED) is 0.734. The summed E-state index contributed by atoms with van der Waals surface area (Å²) in [5, 5.41) is 5.79. The van der Waals surface area contributed by atoms with Crippen molar-refractivity contribution in [2.45, 2.75) is 19.3 Å². The number of hydrogen-bond acceptors (Lipinski definition) is 5. The Balaban J connectivity index is 1.49. The zero-order valence-electron chi connectivity index (χ0n) is 16.4. The molecular weight excluding hydrogens is 370 g/mol. The van der Waals surface area contributed by atoms with Crippen LogP contribution in [0.15, 0.2) is 48.5 Å². The largest absolute Gasteiger partial charge is 0.465 e. The lowest BCUT2D eigenvalue weighted by Gasteiger charge is -2.26. The number of hydrogen-bond donors (Lipinski definition) is 2. The average Bonchev–Trinajstić information content (AvgIpc) is 2.78. The van der Waals surface area contributed by atoms with E-state index >= 15 is 0 Å². The summed E-state index contributed by atoms with van der Waals surface area (Å²) in [4.78, 5) is 37.9. The third-order valence-corrected chi connectivity index (χ3v) is 4.82. The number of anilines is 2. The second kappa shape index (κ2) is 9.73. The SMILES string of the molecule is COC(=O)c1ccc(NCC(=O)Nc2ccc(C(=O)N3CCCCC3)cc2)cc1. The van der Waals surface area contributed by atoms with E-state index in [4.69, 9.17) is 0 Å². The fraction of sp³-hybridized carbons (Fsp3) is 0.318. The standard InChI is InChI=1S/C22H25N3O4/c1-29-22(28)17-7-9-18(10-8-17)23-15-20(26)24-19-11-5-16(6-12-19)21(27)25-13-3-2-4-14-25/h5-12,23H,2-4,13-15H2,1H3,(H,24,26). The molecular formula is C22H25N3O4. The summed E-state index contributed by atoms with van der Waals surface area (Å²) < 4.78 is 4.65. The lowest BCUT2D eigenvalue weighted by Crippen LogP contribution is -2.35. The van der Waals surface area contributed by atoms with Crippen LogP contribution in [0.1, 0.15) is 40.0 Å². The first-order valence-electron chi connectivity index (χ1n) is 9.68. The third kappa shape index (κ3) is 5.57. The predicted molar refractivity (Wildman–Crippen MR) is 111 cm³/mol. The van der Waals surface area contributed by atoms with Gasteiger partial charge in [0.2, 0.25) is 5.91 Å². The van der Waals surface area contributed by atoms with Gasteiger partial charge in [-0.05, 0) is 67.8 Å². The Morgan fingerprint density at radius 2 is 1.45 bits per heavy atom. The van der Waals surface area contributed by atoms with E-state index < -0.39 is 5.97 Å². The summed E-state index contributed by atoms with van der Waals surface area (Å²) >= 11 is 0. The van der Waals surface area contributed by atoms with Crippen LogP contribution in [0.4, 0.5) is 11.4 Å². The van der Waals surface area contributed by atoms with Crippen LogP contribution in [0.3, 0.4) is 0 Å². The van der Waals surface area contributed by atoms with Gasteiger partial charge >= 0.3 is 5.97 Å². The Bertz CT molecular complexity index is 857. The number of rotatable bonds is 6. The van der Waals surface area contributed by atoms with E-state index in [1.165, 1.54) is 13.5 Å². The number of piperidine rings is 1. The average molecular weight is 395 g/mol. The van der Waals surface area contributed by atoms with Gasteiger partial charge in [-0.2, -0.15) is 0 Å². The molecule has 0 spiro atoms. The van der Waals surface area contributed by atoms with Crippen molar-refractivity contribution in [1.29, 1.82) is 0 Å². The molecule has 2 aromatic carbocycles. The number of benzene rings is 2. The first kappa shape index (κ1) is 20.4. The second-order valence-corrected chi connectivity index (χ2v) is 6.90. The number of esters is 1. The maximum atomic E-state index is 12.5. The lowest BCUT2D eigenvalue weighted by molar-refractivity contribution is -0.114. The minimum Gasteiger partial charge on any atom is -0.465 e. The smallest absolute Gasteiger partial charge is 0.337 e. The van der Waals surface area contributed by atoms with Crippen molar-refractivity contribution >= 4 is 29.2 Å². The van der Waals surface area contributed by atoms with Crippen LogP contribution < -0.4 is 10.6 Å². The Labute approximate surface area is 170 Å². The first-order chi connectivity index (χ1) is 14.1. The highest BCUT2D eigenvalue weighted by atomic mass is 16.5. The van der Waals surface area contributed by atoms with E-state index in [1.807, 2.05) is 4.90 Å². The fourth-order valence-electron chi connectivity index (χ4n) is 3.21. The number of carbonyl (C=O) groups excluding carboxylic acids is 3. The molecule has 7 heteroatoms. The third-order valence-electron chi connectivity index (χ3n) is 4.82. The van der Waals surface area contributed by atoms with Crippen molar-refractivity contribution in [1.82, 2.24) is 4.90 Å². The molecule has 7 nitrogen and oxygen atoms in total. The van der Waals surface area contributed by atoms with E-state index in [2.05, 4.69) is 15.4 Å². The predicted octanol–water partition coefficient (Wildman–Crippen LogP) is 3.15. The van der Waals surface area contributed by atoms with Crippen LogP contribution in [0.5, 0.6) is 0 Å². The summed E-state index contributed by atoms with van der Waals surface area (Å²) in [6.07, 6.45) is 3.29. The van der Waals surface area contributed by atoms with E-state index in [-0.39, 0.29) is 18.4 Å². The topological polar surface area (TPSA) is 87.7 Å². The zero-order valence-corrected chi connectivity index (χ0v) is 16.4. The highest BCUT2D eigenvalue weighted by molar-refractivity contribution is 5.97. The molecule has 0 aromatic heterocycles. The Hall–Kier alpha value is -3.35. The molecule has 152 valence electrons. The van der Waals surface area contributed by atoms with Crippen molar-refractivity contribution in [2.24, 2.45) is 0 Å². The van der Waals surface area contributed by atoms with Crippen molar-refractivity contribution in [3.63, 3.8) is 0 Å². The van der Waals surface area contributed by atoms with Crippen molar-refractivity contribution in [3.05, 3.63) is 59.7 Å². The van der Waals surface area contributed by atoms with E-state index in [1.54, 1.807) is 48.5 Å². The Morgan fingerprint density at radius 1 is 0.862 bits per heavy atom. The normalized spacial score (nSPS) is 13.5. The molecule has 0 unspecified atom stereocenters. The monoisotopic (exact) mass is 395 g/mol. The van der Waals surface area contributed by atoms with Gasteiger partial charge < -0.3 is 20.3 Å². The van der Waals surface area contributed by atoms with Crippen LogP contribution in [-0.2, 0) is 9.53 Å². The molecule has 1 heterocycles. The lowest BCUT2D eigenvalue weighted by atomic mass is 10.1. The van der Waals surface area contributed by atoms with Gasteiger partial charge in [-0.25, -0.2) is 4.79 Å². The number of methoxy groups -OCH3 is 1. The van der Waals surface area contributed by atoms with Crippen LogP contribution >= 0.6 is 0 Å². The summed E-state index contributed by atoms with van der Waals surface area (Å²) in [6.45, 7) is 1.69. The van der Waals surface area contributed by atoms with Gasteiger partial charge in [0.1, 0.15) is 0 Å². The van der Waals surface area contributed by atoms with Gasteiger partial charge in [0.15, 0.2) is 0 Å². The molecule has 0 radical (unpaired) electrons. The number of carbonyl (C=O) groups is 3. The molecule has 1 aliphatic rings. The van der Waals surface area contributed by atoms with Gasteiger partial charge in [-0.3, -0.25) is 9.59 Å². The number of nitrogens with one attached hydrogen (secondary N) is 2. The molecule has 2 amide bonds. The van der Waals surface area contributed by atoms with Crippen molar-refractivity contribution in [3.8, 4) is 0 Å². The summed E-state index contributed by atoms with van der Waals surface area (Å²) in [7, 11) is 1.33. The van der Waals surface area contributed by atoms with Crippen molar-refractivity contribution in [2.75, 3.05) is 37.4 Å². The molecule has 1 aliphatic heterocycles. The number of nitrogens with zero attached hydrogens (tertiary/aromatic N) is 1. The molecule has 0 saturated carbocycles. The van der Waals surface area contributed by atoms with E-state index in [0.717, 1.165) is 31.6 Å². The van der Waals surface area contributed by atoms with Crippen LogP contribution in [-0.4, -0.2) is 49.4 Å². The van der Waals surface area contributed by atoms with E-state index in [0.29, 0.717) is 16.8 Å². The van der Waals surface area contributed by atoms with Gasteiger partial charge in [-0.15, -0.1) is 0 Å². The van der Waals surface area contributed by atoms with E-state index in [9.17, 15) is 14.4 Å². The maximum absolute atomic E-state index is 12.5.